The summed E-state index contributed by atoms with van der Waals surface area (Å²) in [6.07, 6.45) is 4.80. The third kappa shape index (κ3) is 4.24. The van der Waals surface area contributed by atoms with Crippen LogP contribution in [0.4, 0.5) is 0 Å². The lowest BCUT2D eigenvalue weighted by Gasteiger charge is -2.32. The van der Waals surface area contributed by atoms with Crippen LogP contribution in [-0.4, -0.2) is 44.0 Å². The third-order valence-electron chi connectivity index (χ3n) is 5.34. The zero-order valence-electron chi connectivity index (χ0n) is 15.3. The lowest BCUT2D eigenvalue weighted by molar-refractivity contribution is 0.209. The summed E-state index contributed by atoms with van der Waals surface area (Å²) in [5.41, 5.74) is 2.53. The maximum atomic E-state index is 12.5. The van der Waals surface area contributed by atoms with E-state index in [4.69, 9.17) is 0 Å². The van der Waals surface area contributed by atoms with Crippen LogP contribution in [0.15, 0.2) is 65.7 Å². The first kappa shape index (κ1) is 18.2. The van der Waals surface area contributed by atoms with Gasteiger partial charge >= 0.3 is 0 Å². The Morgan fingerprint density at radius 2 is 1.70 bits per heavy atom. The maximum Gasteiger partial charge on any atom is 0.240 e. The molecule has 0 bridgehead atoms. The van der Waals surface area contributed by atoms with Crippen LogP contribution in [0, 0.1) is 0 Å². The van der Waals surface area contributed by atoms with Gasteiger partial charge in [0.1, 0.15) is 0 Å². The van der Waals surface area contributed by atoms with Gasteiger partial charge in [0.2, 0.25) is 10.0 Å². The van der Waals surface area contributed by atoms with E-state index in [1.807, 2.05) is 12.1 Å². The highest BCUT2D eigenvalue weighted by Crippen LogP contribution is 2.20. The second-order valence-electron chi connectivity index (χ2n) is 7.16. The number of hydrogen-bond donors (Lipinski definition) is 2. The molecule has 0 aliphatic carbocycles. The Morgan fingerprint density at radius 3 is 2.48 bits per heavy atom. The van der Waals surface area contributed by atoms with Gasteiger partial charge in [0, 0.05) is 29.7 Å². The highest BCUT2D eigenvalue weighted by molar-refractivity contribution is 7.89. The lowest BCUT2D eigenvalue weighted by atomic mass is 10.0. The van der Waals surface area contributed by atoms with Gasteiger partial charge in [-0.25, -0.2) is 13.1 Å². The molecular formula is C21H25N3O2S. The quantitative estimate of drug-likeness (QED) is 0.687. The molecule has 4 rings (SSSR count). The number of para-hydroxylation sites is 1. The van der Waals surface area contributed by atoms with Gasteiger partial charge in [-0.15, -0.1) is 0 Å². The van der Waals surface area contributed by atoms with E-state index in [-0.39, 0.29) is 6.04 Å². The fourth-order valence-electron chi connectivity index (χ4n) is 3.78. The monoisotopic (exact) mass is 383 g/mol. The number of aromatic nitrogens is 1. The second-order valence-corrected chi connectivity index (χ2v) is 8.87. The highest BCUT2D eigenvalue weighted by Gasteiger charge is 2.24. The van der Waals surface area contributed by atoms with E-state index < -0.39 is 10.0 Å². The van der Waals surface area contributed by atoms with Crippen LogP contribution < -0.4 is 4.72 Å². The van der Waals surface area contributed by atoms with Crippen molar-refractivity contribution in [2.75, 3.05) is 19.6 Å². The summed E-state index contributed by atoms with van der Waals surface area (Å²) in [7, 11) is -3.42. The number of rotatable bonds is 6. The first-order valence-electron chi connectivity index (χ1n) is 9.46. The number of piperidine rings is 1. The van der Waals surface area contributed by atoms with Gasteiger partial charge in [-0.2, -0.15) is 0 Å². The van der Waals surface area contributed by atoms with E-state index in [0.717, 1.165) is 38.9 Å². The van der Waals surface area contributed by atoms with Gasteiger partial charge in [0.25, 0.3) is 0 Å². The molecule has 0 atom stereocenters. The van der Waals surface area contributed by atoms with Crippen molar-refractivity contribution in [2.24, 2.45) is 0 Å². The van der Waals surface area contributed by atoms with Gasteiger partial charge in [-0.1, -0.05) is 36.4 Å². The van der Waals surface area contributed by atoms with Gasteiger partial charge in [0.05, 0.1) is 4.90 Å². The molecule has 0 unspecified atom stereocenters. The predicted molar refractivity (Wildman–Crippen MR) is 108 cm³/mol. The lowest BCUT2D eigenvalue weighted by Crippen LogP contribution is -2.45. The largest absolute Gasteiger partial charge is 0.361 e. The van der Waals surface area contributed by atoms with Crippen LogP contribution in [-0.2, 0) is 16.4 Å². The zero-order chi connectivity index (χ0) is 18.7. The molecule has 1 aliphatic rings. The minimum Gasteiger partial charge on any atom is -0.361 e. The molecule has 3 aromatic rings. The molecule has 1 aromatic heterocycles. The summed E-state index contributed by atoms with van der Waals surface area (Å²) in [4.78, 5) is 6.09. The van der Waals surface area contributed by atoms with Crippen LogP contribution in [0.5, 0.6) is 0 Å². The SMILES string of the molecule is O=S(=O)(NC1CCN(CCc2c[nH]c3ccccc23)CC1)c1ccccc1. The van der Waals surface area contributed by atoms with Crippen molar-refractivity contribution in [3.05, 3.63) is 66.4 Å². The Labute approximate surface area is 160 Å². The van der Waals surface area contributed by atoms with E-state index in [0.29, 0.717) is 4.90 Å². The van der Waals surface area contributed by atoms with E-state index in [1.165, 1.54) is 16.5 Å². The minimum atomic E-state index is -3.42. The molecular weight excluding hydrogens is 358 g/mol. The molecule has 0 radical (unpaired) electrons. The molecule has 0 amide bonds. The van der Waals surface area contributed by atoms with Crippen molar-refractivity contribution in [1.82, 2.24) is 14.6 Å². The number of hydrogen-bond acceptors (Lipinski definition) is 3. The first-order valence-corrected chi connectivity index (χ1v) is 10.9. The normalized spacial score (nSPS) is 16.7. The summed E-state index contributed by atoms with van der Waals surface area (Å²) in [6, 6.07) is 17.0. The van der Waals surface area contributed by atoms with Gasteiger partial charge in [-0.05, 0) is 56.1 Å². The average Bonchev–Trinajstić information content (AvgIpc) is 3.11. The summed E-state index contributed by atoms with van der Waals surface area (Å²) >= 11 is 0. The summed E-state index contributed by atoms with van der Waals surface area (Å²) in [5, 5.41) is 1.29. The van der Waals surface area contributed by atoms with Crippen molar-refractivity contribution in [3.8, 4) is 0 Å². The number of nitrogens with one attached hydrogen (secondary N) is 2. The summed E-state index contributed by atoms with van der Waals surface area (Å²) in [6.45, 7) is 2.84. The molecule has 0 spiro atoms. The minimum absolute atomic E-state index is 0.0135. The number of sulfonamides is 1. The molecule has 1 aliphatic heterocycles. The zero-order valence-corrected chi connectivity index (χ0v) is 16.1. The van der Waals surface area contributed by atoms with Crippen LogP contribution >= 0.6 is 0 Å². The molecule has 27 heavy (non-hydrogen) atoms. The van der Waals surface area contributed by atoms with Gasteiger partial charge in [0.15, 0.2) is 0 Å². The number of likely N-dealkylation sites (tertiary alicyclic amines) is 1. The molecule has 0 saturated carbocycles. The van der Waals surface area contributed by atoms with Crippen molar-refractivity contribution in [2.45, 2.75) is 30.2 Å². The van der Waals surface area contributed by atoms with Crippen LogP contribution in [0.3, 0.4) is 0 Å². The second kappa shape index (κ2) is 7.84. The average molecular weight is 384 g/mol. The van der Waals surface area contributed by atoms with E-state index >= 15 is 0 Å². The van der Waals surface area contributed by atoms with E-state index in [2.05, 4.69) is 39.0 Å². The van der Waals surface area contributed by atoms with Crippen LogP contribution in [0.1, 0.15) is 18.4 Å². The highest BCUT2D eigenvalue weighted by atomic mass is 32.2. The Bertz CT molecular complexity index is 990. The van der Waals surface area contributed by atoms with Gasteiger partial charge in [-0.3, -0.25) is 0 Å². The van der Waals surface area contributed by atoms with Crippen molar-refractivity contribution in [3.63, 3.8) is 0 Å². The predicted octanol–water partition coefficient (Wildman–Crippen LogP) is 3.15. The number of nitrogens with zero attached hydrogens (tertiary/aromatic N) is 1. The molecule has 142 valence electrons. The molecule has 6 heteroatoms. The Hall–Kier alpha value is -2.15. The van der Waals surface area contributed by atoms with Crippen molar-refractivity contribution in [1.29, 1.82) is 0 Å². The van der Waals surface area contributed by atoms with Crippen LogP contribution in [0.2, 0.25) is 0 Å². The Kier molecular flexibility index (Phi) is 5.29. The van der Waals surface area contributed by atoms with Crippen molar-refractivity contribution >= 4 is 20.9 Å². The van der Waals surface area contributed by atoms with Crippen molar-refractivity contribution < 1.29 is 8.42 Å². The topological polar surface area (TPSA) is 65.2 Å². The molecule has 5 nitrogen and oxygen atoms in total. The van der Waals surface area contributed by atoms with Crippen LogP contribution in [0.25, 0.3) is 10.9 Å². The third-order valence-corrected chi connectivity index (χ3v) is 6.87. The number of H-pyrrole nitrogens is 1. The van der Waals surface area contributed by atoms with E-state index in [1.54, 1.807) is 24.3 Å². The fourth-order valence-corrected chi connectivity index (χ4v) is 5.10. The maximum absolute atomic E-state index is 12.5. The Morgan fingerprint density at radius 1 is 1.00 bits per heavy atom. The summed E-state index contributed by atoms with van der Waals surface area (Å²) < 4.78 is 27.8. The molecule has 1 saturated heterocycles. The first-order chi connectivity index (χ1) is 13.1. The Balaban J connectivity index is 1.29. The molecule has 2 heterocycles. The number of fused-ring (bicyclic) bond motifs is 1. The fraction of sp³-hybridized carbons (Fsp3) is 0.333. The molecule has 1 fully saturated rings. The summed E-state index contributed by atoms with van der Waals surface area (Å²) in [5.74, 6) is 0. The number of aromatic amines is 1. The van der Waals surface area contributed by atoms with Gasteiger partial charge < -0.3 is 9.88 Å². The smallest absolute Gasteiger partial charge is 0.240 e. The standard InChI is InChI=1S/C21H25N3O2S/c25-27(26,19-6-2-1-3-7-19)23-18-11-14-24(15-12-18)13-10-17-16-22-21-9-5-4-8-20(17)21/h1-9,16,18,22-23H,10-15H2. The van der Waals surface area contributed by atoms with E-state index in [9.17, 15) is 8.42 Å². The number of benzene rings is 2. The molecule has 2 aromatic carbocycles. The molecule has 2 N–H and O–H groups in total.